The van der Waals surface area contributed by atoms with E-state index in [2.05, 4.69) is 25.9 Å². The third-order valence-electron chi connectivity index (χ3n) is 7.31. The Bertz CT molecular complexity index is 1270. The van der Waals surface area contributed by atoms with Gasteiger partial charge in [0, 0.05) is 43.0 Å². The molecule has 1 unspecified atom stereocenters. The SMILES string of the molecule is O=C(N[C@@H]1CCCN(CC(F)(F)F)C1)C1CCCN1c1nc(Nc2cc(C3CC3)[nH]n2)c2cccn2n1. The lowest BCUT2D eigenvalue weighted by Crippen LogP contribution is -2.53. The third-order valence-corrected chi connectivity index (χ3v) is 7.31. The number of H-pyrrole nitrogens is 1. The topological polar surface area (TPSA) is 106 Å². The average Bonchev–Trinajstić information content (AvgIpc) is 3.23. The number of carbonyl (C=O) groups is 1. The van der Waals surface area contributed by atoms with E-state index in [1.165, 1.54) is 17.7 Å². The molecular weight excluding hydrogens is 487 g/mol. The number of rotatable bonds is 7. The van der Waals surface area contributed by atoms with Crippen LogP contribution in [0.1, 0.15) is 50.1 Å². The second-order valence-corrected chi connectivity index (χ2v) is 10.3. The molecule has 0 radical (unpaired) electrons. The Labute approximate surface area is 211 Å². The van der Waals surface area contributed by atoms with Gasteiger partial charge in [0.15, 0.2) is 11.6 Å². The number of hydrogen-bond acceptors (Lipinski definition) is 7. The number of halogens is 3. The van der Waals surface area contributed by atoms with Crippen molar-refractivity contribution in [3.8, 4) is 0 Å². The van der Waals surface area contributed by atoms with Gasteiger partial charge in [0.05, 0.1) is 6.54 Å². The van der Waals surface area contributed by atoms with Gasteiger partial charge in [0.25, 0.3) is 0 Å². The zero-order valence-electron chi connectivity index (χ0n) is 20.3. The van der Waals surface area contributed by atoms with Gasteiger partial charge in [-0.15, -0.1) is 5.10 Å². The molecular formula is C24H30F3N9O. The van der Waals surface area contributed by atoms with Crippen LogP contribution >= 0.6 is 0 Å². The van der Waals surface area contributed by atoms with Crippen LogP contribution in [0.4, 0.5) is 30.8 Å². The highest BCUT2D eigenvalue weighted by Crippen LogP contribution is 2.39. The molecule has 3 aliphatic rings. The van der Waals surface area contributed by atoms with Gasteiger partial charge in [0.2, 0.25) is 11.9 Å². The summed E-state index contributed by atoms with van der Waals surface area (Å²) in [6.45, 7) is 0.251. The number of fused-ring (bicyclic) bond motifs is 1. The maximum Gasteiger partial charge on any atom is 0.401 e. The zero-order valence-corrected chi connectivity index (χ0v) is 20.3. The van der Waals surface area contributed by atoms with Crippen molar-refractivity contribution in [1.82, 2.24) is 35.0 Å². The van der Waals surface area contributed by atoms with Crippen molar-refractivity contribution in [2.24, 2.45) is 0 Å². The summed E-state index contributed by atoms with van der Waals surface area (Å²) in [5.74, 6) is 2.04. The van der Waals surface area contributed by atoms with Crippen LogP contribution in [-0.4, -0.2) is 80.0 Å². The molecule has 1 amide bonds. The minimum atomic E-state index is -4.25. The normalized spacial score (nSPS) is 23.1. The van der Waals surface area contributed by atoms with Crippen LogP contribution in [0.25, 0.3) is 5.52 Å². The average molecular weight is 518 g/mol. The van der Waals surface area contributed by atoms with Crippen LogP contribution in [0.3, 0.4) is 0 Å². The van der Waals surface area contributed by atoms with Crippen molar-refractivity contribution in [3.05, 3.63) is 30.1 Å². The third kappa shape index (κ3) is 5.36. The fraction of sp³-hybridized carbons (Fsp3) is 0.583. The second-order valence-electron chi connectivity index (χ2n) is 10.3. The molecule has 3 aromatic rings. The zero-order chi connectivity index (χ0) is 25.6. The highest BCUT2D eigenvalue weighted by molar-refractivity contribution is 5.86. The Kier molecular flexibility index (Phi) is 6.17. The maximum atomic E-state index is 13.3. The molecule has 0 bridgehead atoms. The first kappa shape index (κ1) is 24.0. The van der Waals surface area contributed by atoms with E-state index in [4.69, 9.17) is 4.98 Å². The first-order chi connectivity index (χ1) is 17.8. The quantitative estimate of drug-likeness (QED) is 0.442. The number of piperidine rings is 1. The summed E-state index contributed by atoms with van der Waals surface area (Å²) in [6, 6.07) is 4.99. The molecule has 1 saturated carbocycles. The van der Waals surface area contributed by atoms with E-state index in [-0.39, 0.29) is 18.5 Å². The maximum absolute atomic E-state index is 13.3. The van der Waals surface area contributed by atoms with Gasteiger partial charge in [-0.1, -0.05) is 0 Å². The molecule has 3 fully saturated rings. The van der Waals surface area contributed by atoms with Gasteiger partial charge < -0.3 is 15.5 Å². The highest BCUT2D eigenvalue weighted by atomic mass is 19.4. The summed E-state index contributed by atoms with van der Waals surface area (Å²) >= 11 is 0. The van der Waals surface area contributed by atoms with Crippen molar-refractivity contribution < 1.29 is 18.0 Å². The van der Waals surface area contributed by atoms with Crippen LogP contribution in [0.5, 0.6) is 0 Å². The summed E-state index contributed by atoms with van der Waals surface area (Å²) in [4.78, 5) is 21.3. The van der Waals surface area contributed by atoms with Crippen molar-refractivity contribution in [3.63, 3.8) is 0 Å². The molecule has 10 nitrogen and oxygen atoms in total. The minimum absolute atomic E-state index is 0.191. The number of alkyl halides is 3. The van der Waals surface area contributed by atoms with Crippen LogP contribution in [-0.2, 0) is 4.79 Å². The number of aromatic nitrogens is 5. The second kappa shape index (κ2) is 9.51. The highest BCUT2D eigenvalue weighted by Gasteiger charge is 2.37. The number of aromatic amines is 1. The van der Waals surface area contributed by atoms with Gasteiger partial charge in [0.1, 0.15) is 11.6 Å². The molecule has 3 N–H and O–H groups in total. The van der Waals surface area contributed by atoms with E-state index in [0.29, 0.717) is 55.9 Å². The van der Waals surface area contributed by atoms with E-state index in [0.717, 1.165) is 17.6 Å². The fourth-order valence-corrected chi connectivity index (χ4v) is 5.41. The lowest BCUT2D eigenvalue weighted by molar-refractivity contribution is -0.148. The molecule has 2 saturated heterocycles. The van der Waals surface area contributed by atoms with Crippen LogP contribution < -0.4 is 15.5 Å². The van der Waals surface area contributed by atoms with Crippen LogP contribution in [0.15, 0.2) is 24.4 Å². The van der Waals surface area contributed by atoms with Crippen LogP contribution in [0.2, 0.25) is 0 Å². The molecule has 6 rings (SSSR count). The predicted molar refractivity (Wildman–Crippen MR) is 131 cm³/mol. The fourth-order valence-electron chi connectivity index (χ4n) is 5.41. The number of carbonyl (C=O) groups excluding carboxylic acids is 1. The Hall–Kier alpha value is -3.35. The van der Waals surface area contributed by atoms with Crippen molar-refractivity contribution in [1.29, 1.82) is 0 Å². The minimum Gasteiger partial charge on any atom is -0.350 e. The molecule has 0 spiro atoms. The summed E-state index contributed by atoms with van der Waals surface area (Å²) in [5, 5.41) is 18.4. The summed E-state index contributed by atoms with van der Waals surface area (Å²) in [5.41, 5.74) is 1.89. The van der Waals surface area contributed by atoms with Gasteiger partial charge in [-0.05, 0) is 57.2 Å². The molecule has 13 heteroatoms. The predicted octanol–water partition coefficient (Wildman–Crippen LogP) is 3.19. The smallest absolute Gasteiger partial charge is 0.350 e. The van der Waals surface area contributed by atoms with E-state index < -0.39 is 18.8 Å². The number of amides is 1. The van der Waals surface area contributed by atoms with Crippen molar-refractivity contribution in [2.45, 2.75) is 62.7 Å². The Morgan fingerprint density at radius 3 is 2.81 bits per heavy atom. The number of anilines is 3. The standard InChI is InChI=1S/C24H30F3N9O/c25-24(26,27)14-34-9-1-4-16(13-34)28-22(37)19-6-2-10-35(19)23-30-21(18-5-3-11-36(18)33-23)29-20-12-17(31-32-20)15-7-8-15/h3,5,11-12,15-16,19H,1-2,4,6-10,13-14H2,(H,28,37)(H2,29,30,31,32,33)/t16-,19?/m1/s1. The molecule has 198 valence electrons. The van der Waals surface area contributed by atoms with E-state index in [9.17, 15) is 18.0 Å². The van der Waals surface area contributed by atoms with Gasteiger partial charge in [-0.2, -0.15) is 23.3 Å². The molecule has 37 heavy (non-hydrogen) atoms. The van der Waals surface area contributed by atoms with Gasteiger partial charge >= 0.3 is 6.18 Å². The van der Waals surface area contributed by atoms with Crippen molar-refractivity contribution >= 4 is 29.0 Å². The lowest BCUT2D eigenvalue weighted by Gasteiger charge is -2.34. The molecule has 3 aromatic heterocycles. The molecule has 2 atom stereocenters. The molecule has 5 heterocycles. The summed E-state index contributed by atoms with van der Waals surface area (Å²) in [7, 11) is 0. The largest absolute Gasteiger partial charge is 0.401 e. The number of nitrogens with zero attached hydrogens (tertiary/aromatic N) is 6. The summed E-state index contributed by atoms with van der Waals surface area (Å²) in [6.07, 6.45) is 2.63. The van der Waals surface area contributed by atoms with E-state index in [1.807, 2.05) is 29.3 Å². The lowest BCUT2D eigenvalue weighted by atomic mass is 10.0. The first-order valence-corrected chi connectivity index (χ1v) is 12.9. The monoisotopic (exact) mass is 517 g/mol. The Morgan fingerprint density at radius 2 is 2.00 bits per heavy atom. The van der Waals surface area contributed by atoms with E-state index in [1.54, 1.807) is 4.52 Å². The molecule has 0 aromatic carbocycles. The number of nitrogens with one attached hydrogen (secondary N) is 3. The first-order valence-electron chi connectivity index (χ1n) is 12.9. The summed E-state index contributed by atoms with van der Waals surface area (Å²) < 4.78 is 40.3. The molecule has 1 aliphatic carbocycles. The molecule has 2 aliphatic heterocycles. The van der Waals surface area contributed by atoms with E-state index >= 15 is 0 Å². The number of likely N-dealkylation sites (tertiary alicyclic amines) is 1. The van der Waals surface area contributed by atoms with Gasteiger partial charge in [-0.3, -0.25) is 14.8 Å². The van der Waals surface area contributed by atoms with Gasteiger partial charge in [-0.25, -0.2) is 4.52 Å². The Balaban J connectivity index is 1.18. The van der Waals surface area contributed by atoms with Crippen molar-refractivity contribution in [2.75, 3.05) is 36.4 Å². The Morgan fingerprint density at radius 1 is 1.16 bits per heavy atom. The number of hydrogen-bond donors (Lipinski definition) is 3. The van der Waals surface area contributed by atoms with Crippen LogP contribution in [0, 0.1) is 0 Å².